The summed E-state index contributed by atoms with van der Waals surface area (Å²) in [6, 6.07) is 21.6. The molecule has 0 spiro atoms. The number of hydrogen-bond donors (Lipinski definition) is 2. The number of benzene rings is 3. The van der Waals surface area contributed by atoms with Gasteiger partial charge in [-0.2, -0.15) is 5.10 Å². The quantitative estimate of drug-likeness (QED) is 0.369. The third-order valence-electron chi connectivity index (χ3n) is 5.38. The molecule has 0 aliphatic heterocycles. The summed E-state index contributed by atoms with van der Waals surface area (Å²) in [7, 11) is 3.20. The van der Waals surface area contributed by atoms with Gasteiger partial charge >= 0.3 is 0 Å². The number of nitrogens with zero attached hydrogens (tertiary/aromatic N) is 1. The number of thiophene rings is 1. The van der Waals surface area contributed by atoms with Gasteiger partial charge in [-0.1, -0.05) is 30.3 Å². The number of nitrogens with one attached hydrogen (secondary N) is 2. The van der Waals surface area contributed by atoms with Crippen LogP contribution in [0.2, 0.25) is 0 Å². The molecule has 5 rings (SSSR count). The number of carbonyl (C=O) groups excluding carboxylic acids is 1. The second-order valence-corrected chi connectivity index (χ2v) is 8.41. The fraction of sp³-hybridized carbons (Fsp3) is 0.120. The van der Waals surface area contributed by atoms with Crippen molar-refractivity contribution < 1.29 is 14.3 Å². The van der Waals surface area contributed by atoms with Crippen molar-refractivity contribution in [1.29, 1.82) is 0 Å². The molecule has 3 aromatic carbocycles. The van der Waals surface area contributed by atoms with Gasteiger partial charge in [-0.15, -0.1) is 11.3 Å². The molecule has 0 aliphatic rings. The Hall–Kier alpha value is -3.84. The lowest BCUT2D eigenvalue weighted by molar-refractivity contribution is 0.0948. The highest BCUT2D eigenvalue weighted by Gasteiger charge is 2.21. The zero-order chi connectivity index (χ0) is 22.1. The molecular weight excluding hydrogens is 422 g/mol. The minimum atomic E-state index is -0.213. The number of amides is 1. The van der Waals surface area contributed by atoms with Gasteiger partial charge in [0.05, 0.1) is 41.3 Å². The summed E-state index contributed by atoms with van der Waals surface area (Å²) in [6.45, 7) is 0.381. The molecule has 0 saturated carbocycles. The summed E-state index contributed by atoms with van der Waals surface area (Å²) in [5.41, 5.74) is 3.01. The average Bonchev–Trinajstić information content (AvgIpc) is 3.46. The first-order valence-electron chi connectivity index (χ1n) is 10.1. The van der Waals surface area contributed by atoms with Crippen LogP contribution in [0.3, 0.4) is 0 Å². The van der Waals surface area contributed by atoms with Crippen molar-refractivity contribution in [3.8, 4) is 22.1 Å². The molecule has 0 bridgehead atoms. The summed E-state index contributed by atoms with van der Waals surface area (Å²) in [4.78, 5) is 14.1. The number of H-pyrrole nitrogens is 1. The number of carbonyl (C=O) groups is 1. The van der Waals surface area contributed by atoms with Gasteiger partial charge in [-0.25, -0.2) is 0 Å². The topological polar surface area (TPSA) is 76.2 Å². The predicted molar refractivity (Wildman–Crippen MR) is 128 cm³/mol. The zero-order valence-corrected chi connectivity index (χ0v) is 18.5. The van der Waals surface area contributed by atoms with E-state index >= 15 is 0 Å². The third kappa shape index (κ3) is 3.56. The first-order chi connectivity index (χ1) is 15.7. The number of rotatable bonds is 6. The molecule has 0 fully saturated rings. The first-order valence-corrected chi connectivity index (χ1v) is 10.9. The summed E-state index contributed by atoms with van der Waals surface area (Å²) in [5.74, 6) is 1.05. The van der Waals surface area contributed by atoms with Gasteiger partial charge in [-0.3, -0.25) is 9.89 Å². The van der Waals surface area contributed by atoms with Crippen LogP contribution in [-0.4, -0.2) is 30.3 Å². The predicted octanol–water partition coefficient (Wildman–Crippen LogP) is 5.39. The van der Waals surface area contributed by atoms with Crippen molar-refractivity contribution >= 4 is 38.2 Å². The van der Waals surface area contributed by atoms with E-state index in [2.05, 4.69) is 33.7 Å². The molecule has 2 aromatic heterocycles. The largest absolute Gasteiger partial charge is 0.497 e. The van der Waals surface area contributed by atoms with E-state index in [-0.39, 0.29) is 5.91 Å². The summed E-state index contributed by atoms with van der Waals surface area (Å²) < 4.78 is 12.2. The molecule has 0 aliphatic carbocycles. The number of hydrogen-bond acceptors (Lipinski definition) is 5. The summed E-state index contributed by atoms with van der Waals surface area (Å²) >= 11 is 1.68. The molecule has 0 unspecified atom stereocenters. The third-order valence-corrected chi connectivity index (χ3v) is 6.52. The van der Waals surface area contributed by atoms with E-state index in [0.29, 0.717) is 17.9 Å². The number of fused-ring (bicyclic) bond motifs is 2. The van der Waals surface area contributed by atoms with E-state index in [1.54, 1.807) is 31.6 Å². The van der Waals surface area contributed by atoms with Crippen molar-refractivity contribution in [2.24, 2.45) is 0 Å². The van der Waals surface area contributed by atoms with E-state index in [9.17, 15) is 4.79 Å². The lowest BCUT2D eigenvalue weighted by Gasteiger charge is -2.11. The van der Waals surface area contributed by atoms with Gasteiger partial charge in [0.2, 0.25) is 0 Å². The Morgan fingerprint density at radius 2 is 1.91 bits per heavy atom. The van der Waals surface area contributed by atoms with Gasteiger partial charge in [-0.05, 0) is 47.3 Å². The smallest absolute Gasteiger partial charge is 0.255 e. The Bertz CT molecular complexity index is 1400. The second kappa shape index (κ2) is 8.36. The molecule has 2 heterocycles. The van der Waals surface area contributed by atoms with Gasteiger partial charge in [0, 0.05) is 11.2 Å². The lowest BCUT2D eigenvalue weighted by Crippen LogP contribution is -2.23. The van der Waals surface area contributed by atoms with Crippen LogP contribution < -0.4 is 14.8 Å². The SMILES string of the molecule is COc1cccc(CNC(=O)c2ccc3n[nH]c(-c4cc5ccccc5s4)c3c2OC)c1. The van der Waals surface area contributed by atoms with Crippen LogP contribution in [0.25, 0.3) is 31.6 Å². The molecule has 1 amide bonds. The minimum Gasteiger partial charge on any atom is -0.497 e. The fourth-order valence-corrected chi connectivity index (χ4v) is 4.88. The Kier molecular flexibility index (Phi) is 5.25. The van der Waals surface area contributed by atoms with Crippen LogP contribution in [0.4, 0.5) is 0 Å². The molecule has 0 radical (unpaired) electrons. The van der Waals surface area contributed by atoms with Crippen molar-refractivity contribution in [2.75, 3.05) is 14.2 Å². The Labute approximate surface area is 188 Å². The molecule has 32 heavy (non-hydrogen) atoms. The van der Waals surface area contributed by atoms with Gasteiger partial charge < -0.3 is 14.8 Å². The monoisotopic (exact) mass is 443 g/mol. The minimum absolute atomic E-state index is 0.213. The Balaban J connectivity index is 1.51. The fourth-order valence-electron chi connectivity index (χ4n) is 3.81. The van der Waals surface area contributed by atoms with Crippen LogP contribution in [0, 0.1) is 0 Å². The van der Waals surface area contributed by atoms with E-state index < -0.39 is 0 Å². The molecule has 6 nitrogen and oxygen atoms in total. The molecule has 0 atom stereocenters. The summed E-state index contributed by atoms with van der Waals surface area (Å²) in [6.07, 6.45) is 0. The van der Waals surface area contributed by atoms with Crippen molar-refractivity contribution in [3.05, 3.63) is 77.9 Å². The number of aromatic nitrogens is 2. The molecule has 160 valence electrons. The highest BCUT2D eigenvalue weighted by atomic mass is 32.1. The van der Waals surface area contributed by atoms with Crippen LogP contribution in [0.5, 0.6) is 11.5 Å². The van der Waals surface area contributed by atoms with E-state index in [4.69, 9.17) is 9.47 Å². The maximum Gasteiger partial charge on any atom is 0.255 e. The van der Waals surface area contributed by atoms with Gasteiger partial charge in [0.1, 0.15) is 11.5 Å². The van der Waals surface area contributed by atoms with E-state index in [1.165, 1.54) is 10.1 Å². The zero-order valence-electron chi connectivity index (χ0n) is 17.6. The van der Waals surface area contributed by atoms with Crippen LogP contribution >= 0.6 is 11.3 Å². The molecule has 5 aromatic rings. The highest BCUT2D eigenvalue weighted by Crippen LogP contribution is 2.40. The number of methoxy groups -OCH3 is 2. The average molecular weight is 444 g/mol. The Morgan fingerprint density at radius 1 is 1.03 bits per heavy atom. The molecule has 0 saturated heterocycles. The standard InChI is InChI=1S/C25H21N3O3S/c1-30-17-8-5-6-15(12-17)14-26-25(29)18-10-11-19-22(24(18)31-2)23(28-27-19)21-13-16-7-3-4-9-20(16)32-21/h3-13H,14H2,1-2H3,(H,26,29)(H,27,28). The maximum absolute atomic E-state index is 13.1. The van der Waals surface area contributed by atoms with Crippen LogP contribution in [-0.2, 0) is 6.54 Å². The van der Waals surface area contributed by atoms with E-state index in [0.717, 1.165) is 32.8 Å². The van der Waals surface area contributed by atoms with E-state index in [1.807, 2.05) is 42.5 Å². The molecule has 2 N–H and O–H groups in total. The second-order valence-electron chi connectivity index (χ2n) is 7.32. The van der Waals surface area contributed by atoms with Crippen molar-refractivity contribution in [3.63, 3.8) is 0 Å². The summed E-state index contributed by atoms with van der Waals surface area (Å²) in [5, 5.41) is 12.5. The lowest BCUT2D eigenvalue weighted by atomic mass is 10.1. The highest BCUT2D eigenvalue weighted by molar-refractivity contribution is 7.22. The molecule has 7 heteroatoms. The maximum atomic E-state index is 13.1. The number of ether oxygens (including phenoxy) is 2. The normalized spacial score (nSPS) is 11.1. The Morgan fingerprint density at radius 3 is 2.72 bits per heavy atom. The van der Waals surface area contributed by atoms with Gasteiger partial charge in [0.25, 0.3) is 5.91 Å². The van der Waals surface area contributed by atoms with Crippen molar-refractivity contribution in [1.82, 2.24) is 15.5 Å². The van der Waals surface area contributed by atoms with Gasteiger partial charge in [0.15, 0.2) is 0 Å². The van der Waals surface area contributed by atoms with Crippen LogP contribution in [0.1, 0.15) is 15.9 Å². The van der Waals surface area contributed by atoms with Crippen molar-refractivity contribution in [2.45, 2.75) is 6.54 Å². The number of aromatic amines is 1. The first kappa shape index (κ1) is 20.1. The molecular formula is C25H21N3O3S. The van der Waals surface area contributed by atoms with Crippen LogP contribution in [0.15, 0.2) is 66.7 Å².